The van der Waals surface area contributed by atoms with Crippen molar-refractivity contribution in [2.75, 3.05) is 22.5 Å². The maximum atomic E-state index is 11.4. The Kier molecular flexibility index (Phi) is 8.24. The van der Waals surface area contributed by atoms with Crippen molar-refractivity contribution in [3.63, 3.8) is 0 Å². The predicted octanol–water partition coefficient (Wildman–Crippen LogP) is 2.68. The molecule has 4 rings (SSSR count). The van der Waals surface area contributed by atoms with Crippen LogP contribution in [0.3, 0.4) is 0 Å². The summed E-state index contributed by atoms with van der Waals surface area (Å²) in [6.07, 6.45) is 0.426. The number of nitrogens with two attached hydrogens (primary N) is 3. The molecule has 1 atom stereocenters. The van der Waals surface area contributed by atoms with E-state index in [-0.39, 0.29) is 35.9 Å². The second kappa shape index (κ2) is 10.6. The fraction of sp³-hybridized carbons (Fsp3) is 0.500. The second-order valence-corrected chi connectivity index (χ2v) is 11.1. The third kappa shape index (κ3) is 6.41. The maximum absolute atomic E-state index is 11.4. The molecule has 7 N–H and O–H groups in total. The first-order chi connectivity index (χ1) is 17.1. The summed E-state index contributed by atoms with van der Waals surface area (Å²) in [5.41, 5.74) is 20.4. The fourth-order valence-corrected chi connectivity index (χ4v) is 3.69. The standard InChI is InChI=1S/C14H21BN2O3.C12H19BN2O2/c1-5-13(18)17-12-7-6-10(8-11(12)16)15-19-9(2)14(3,4)20-15;1-11(2)12(3,4)17-13(16-11)8-5-6-9(14)10(15)7-8/h6-9H,5,16H2,1-4H3,(H,17,18);5-7H,14-15H2,1-4H3. The van der Waals surface area contributed by atoms with Crippen molar-refractivity contribution in [1.29, 1.82) is 0 Å². The van der Waals surface area contributed by atoms with Crippen molar-refractivity contribution in [3.05, 3.63) is 36.4 Å². The molecular weight excluding hydrogens is 470 g/mol. The zero-order valence-electron chi connectivity index (χ0n) is 23.2. The number of rotatable bonds is 4. The van der Waals surface area contributed by atoms with Crippen molar-refractivity contribution in [1.82, 2.24) is 0 Å². The second-order valence-electron chi connectivity index (χ2n) is 11.1. The van der Waals surface area contributed by atoms with Gasteiger partial charge in [-0.25, -0.2) is 0 Å². The molecule has 2 aromatic carbocycles. The van der Waals surface area contributed by atoms with E-state index in [1.54, 1.807) is 31.2 Å². The summed E-state index contributed by atoms with van der Waals surface area (Å²) in [5.74, 6) is -0.0624. The van der Waals surface area contributed by atoms with Crippen LogP contribution in [0.25, 0.3) is 0 Å². The van der Waals surface area contributed by atoms with Crippen LogP contribution in [0, 0.1) is 0 Å². The number of carbonyl (C=O) groups is 1. The molecule has 1 amide bonds. The van der Waals surface area contributed by atoms with E-state index in [4.69, 9.17) is 35.8 Å². The van der Waals surface area contributed by atoms with Crippen molar-refractivity contribution in [3.8, 4) is 0 Å². The number of nitrogens with one attached hydrogen (secondary N) is 1. The van der Waals surface area contributed by atoms with Gasteiger partial charge in [0.05, 0.1) is 45.7 Å². The summed E-state index contributed by atoms with van der Waals surface area (Å²) in [6, 6.07) is 10.9. The molecule has 1 unspecified atom stereocenters. The van der Waals surface area contributed by atoms with Crippen LogP contribution in [0.1, 0.15) is 61.8 Å². The van der Waals surface area contributed by atoms with Gasteiger partial charge in [0.15, 0.2) is 0 Å². The summed E-state index contributed by atoms with van der Waals surface area (Å²) in [6.45, 7) is 15.9. The Labute approximate surface area is 221 Å². The Morgan fingerprint density at radius 1 is 0.838 bits per heavy atom. The van der Waals surface area contributed by atoms with E-state index in [0.717, 1.165) is 10.9 Å². The number of hydrogen-bond donors (Lipinski definition) is 4. The van der Waals surface area contributed by atoms with Crippen LogP contribution < -0.4 is 33.4 Å². The quantitative estimate of drug-likeness (QED) is 0.363. The van der Waals surface area contributed by atoms with Gasteiger partial charge in [0.1, 0.15) is 0 Å². The molecule has 2 aliphatic heterocycles. The van der Waals surface area contributed by atoms with E-state index in [9.17, 15) is 4.79 Å². The van der Waals surface area contributed by atoms with E-state index in [1.165, 1.54) is 0 Å². The highest BCUT2D eigenvalue weighted by Gasteiger charge is 2.51. The topological polar surface area (TPSA) is 144 Å². The maximum Gasteiger partial charge on any atom is 0.494 e. The van der Waals surface area contributed by atoms with E-state index in [1.807, 2.05) is 60.6 Å². The highest BCUT2D eigenvalue weighted by molar-refractivity contribution is 6.62. The number of anilines is 4. The van der Waals surface area contributed by atoms with Gasteiger partial charge in [0.2, 0.25) is 5.91 Å². The summed E-state index contributed by atoms with van der Waals surface area (Å²) < 4.78 is 23.5. The number of benzene rings is 2. The van der Waals surface area contributed by atoms with E-state index in [0.29, 0.717) is 29.2 Å². The van der Waals surface area contributed by atoms with E-state index >= 15 is 0 Å². The molecule has 2 heterocycles. The van der Waals surface area contributed by atoms with Gasteiger partial charge in [-0.2, -0.15) is 0 Å². The van der Waals surface area contributed by atoms with Crippen molar-refractivity contribution >= 4 is 53.8 Å². The lowest BCUT2D eigenvalue weighted by atomic mass is 9.79. The van der Waals surface area contributed by atoms with Crippen LogP contribution >= 0.6 is 0 Å². The molecule has 2 aliphatic rings. The summed E-state index contributed by atoms with van der Waals surface area (Å²) in [7, 11) is -0.805. The Hall–Kier alpha value is -2.72. The predicted molar refractivity (Wildman–Crippen MR) is 152 cm³/mol. The molecule has 0 aliphatic carbocycles. The summed E-state index contributed by atoms with van der Waals surface area (Å²) in [4.78, 5) is 11.4. The van der Waals surface area contributed by atoms with Gasteiger partial charge in [-0.15, -0.1) is 0 Å². The molecule has 11 heteroatoms. The third-order valence-electron chi connectivity index (χ3n) is 7.30. The molecule has 2 fully saturated rings. The smallest absolute Gasteiger partial charge is 0.402 e. The molecule has 0 radical (unpaired) electrons. The van der Waals surface area contributed by atoms with Gasteiger partial charge in [0.25, 0.3) is 0 Å². The molecule has 0 aromatic heterocycles. The normalized spacial score (nSPS) is 21.4. The van der Waals surface area contributed by atoms with Crippen molar-refractivity contribution in [2.45, 2.75) is 84.7 Å². The molecular formula is C26H40B2N4O5. The van der Waals surface area contributed by atoms with Gasteiger partial charge in [0, 0.05) is 6.42 Å². The van der Waals surface area contributed by atoms with Crippen LogP contribution in [0.15, 0.2) is 36.4 Å². The monoisotopic (exact) mass is 510 g/mol. The Balaban J connectivity index is 0.000000208. The number of nitrogen functional groups attached to an aromatic ring is 3. The molecule has 2 aromatic rings. The lowest BCUT2D eigenvalue weighted by molar-refractivity contribution is -0.115. The Bertz CT molecular complexity index is 1130. The average molecular weight is 510 g/mol. The first-order valence-corrected chi connectivity index (χ1v) is 12.6. The van der Waals surface area contributed by atoms with Crippen LogP contribution in [0.2, 0.25) is 0 Å². The lowest BCUT2D eigenvalue weighted by Gasteiger charge is -2.32. The van der Waals surface area contributed by atoms with Crippen LogP contribution in [0.5, 0.6) is 0 Å². The Morgan fingerprint density at radius 2 is 1.38 bits per heavy atom. The molecule has 0 saturated carbocycles. The van der Waals surface area contributed by atoms with Crippen LogP contribution in [-0.4, -0.2) is 43.1 Å². The van der Waals surface area contributed by atoms with Gasteiger partial charge in [-0.05, 0) is 83.7 Å². The van der Waals surface area contributed by atoms with E-state index in [2.05, 4.69) is 5.32 Å². The number of hydrogen-bond acceptors (Lipinski definition) is 8. The number of carbonyl (C=O) groups excluding carboxylic acids is 1. The minimum Gasteiger partial charge on any atom is -0.402 e. The van der Waals surface area contributed by atoms with Crippen molar-refractivity contribution in [2.24, 2.45) is 0 Å². The third-order valence-corrected chi connectivity index (χ3v) is 7.30. The summed E-state index contributed by atoms with van der Waals surface area (Å²) >= 11 is 0. The first kappa shape index (κ1) is 28.8. The van der Waals surface area contributed by atoms with Gasteiger partial charge >= 0.3 is 14.2 Å². The first-order valence-electron chi connectivity index (χ1n) is 12.6. The van der Waals surface area contributed by atoms with Crippen LogP contribution in [0.4, 0.5) is 22.7 Å². The molecule has 2 saturated heterocycles. The molecule has 9 nitrogen and oxygen atoms in total. The lowest BCUT2D eigenvalue weighted by Crippen LogP contribution is -2.41. The van der Waals surface area contributed by atoms with Crippen molar-refractivity contribution < 1.29 is 23.4 Å². The average Bonchev–Trinajstić information content (AvgIpc) is 3.20. The Morgan fingerprint density at radius 3 is 1.86 bits per heavy atom. The molecule has 37 heavy (non-hydrogen) atoms. The molecule has 0 bridgehead atoms. The number of amides is 1. The largest absolute Gasteiger partial charge is 0.494 e. The zero-order chi connectivity index (χ0) is 27.8. The highest BCUT2D eigenvalue weighted by Crippen LogP contribution is 2.36. The highest BCUT2D eigenvalue weighted by atomic mass is 16.7. The zero-order valence-corrected chi connectivity index (χ0v) is 23.2. The van der Waals surface area contributed by atoms with Crippen LogP contribution in [-0.2, 0) is 23.4 Å². The van der Waals surface area contributed by atoms with E-state index < -0.39 is 7.12 Å². The minimum absolute atomic E-state index is 0.00759. The molecule has 200 valence electrons. The SMILES string of the molecule is CC1(C)OB(c2ccc(N)c(N)c2)OC1(C)C.CCC(=O)Nc1ccc(B2OC(C)C(C)(C)O2)cc1N. The summed E-state index contributed by atoms with van der Waals surface area (Å²) in [5, 5.41) is 2.76. The molecule has 0 spiro atoms. The van der Waals surface area contributed by atoms with Gasteiger partial charge < -0.3 is 41.1 Å². The van der Waals surface area contributed by atoms with Gasteiger partial charge in [-0.1, -0.05) is 19.1 Å². The van der Waals surface area contributed by atoms with Gasteiger partial charge in [-0.3, -0.25) is 4.79 Å². The minimum atomic E-state index is -0.418. The fourth-order valence-electron chi connectivity index (χ4n) is 3.69.